The number of amides is 2. The van der Waals surface area contributed by atoms with Crippen molar-refractivity contribution in [3.05, 3.63) is 35.4 Å². The maximum Gasteiger partial charge on any atom is 0.329 e. The fourth-order valence-corrected chi connectivity index (χ4v) is 2.63. The van der Waals surface area contributed by atoms with Crippen LogP contribution >= 0.6 is 11.8 Å². The number of imide groups is 1. The van der Waals surface area contributed by atoms with Gasteiger partial charge in [-0.25, -0.2) is 4.79 Å². The van der Waals surface area contributed by atoms with E-state index in [1.165, 1.54) is 18.9 Å². The first kappa shape index (κ1) is 13.6. The van der Waals surface area contributed by atoms with Gasteiger partial charge in [-0.1, -0.05) is 12.1 Å². The van der Waals surface area contributed by atoms with Gasteiger partial charge in [0, 0.05) is 5.75 Å². The van der Waals surface area contributed by atoms with Crippen molar-refractivity contribution in [1.29, 1.82) is 0 Å². The van der Waals surface area contributed by atoms with Gasteiger partial charge in [-0.05, 0) is 18.4 Å². The lowest BCUT2D eigenvalue weighted by molar-refractivity contribution is -0.144. The van der Waals surface area contributed by atoms with Gasteiger partial charge in [-0.15, -0.1) is 0 Å². The minimum Gasteiger partial charge on any atom is -0.467 e. The van der Waals surface area contributed by atoms with E-state index in [9.17, 15) is 14.4 Å². The lowest BCUT2D eigenvalue weighted by atomic mass is 10.1. The maximum atomic E-state index is 12.2. The molecule has 100 valence electrons. The van der Waals surface area contributed by atoms with Crippen molar-refractivity contribution in [2.75, 3.05) is 19.1 Å². The molecule has 0 saturated heterocycles. The Hall–Kier alpha value is -1.82. The van der Waals surface area contributed by atoms with E-state index in [1.54, 1.807) is 30.5 Å². The van der Waals surface area contributed by atoms with Crippen molar-refractivity contribution in [2.24, 2.45) is 0 Å². The van der Waals surface area contributed by atoms with Crippen LogP contribution in [-0.2, 0) is 9.53 Å². The molecule has 1 aromatic carbocycles. The smallest absolute Gasteiger partial charge is 0.329 e. The molecule has 1 aromatic rings. The molecule has 1 atom stereocenters. The number of benzene rings is 1. The summed E-state index contributed by atoms with van der Waals surface area (Å²) in [7, 11) is 1.24. The fraction of sp³-hybridized carbons (Fsp3) is 0.308. The molecular weight excluding hydrogens is 266 g/mol. The average Bonchev–Trinajstić information content (AvgIpc) is 2.68. The monoisotopic (exact) mass is 279 g/mol. The van der Waals surface area contributed by atoms with Crippen molar-refractivity contribution in [3.8, 4) is 0 Å². The third kappa shape index (κ3) is 2.23. The Bertz CT molecular complexity index is 508. The van der Waals surface area contributed by atoms with Crippen LogP contribution in [-0.4, -0.2) is 47.8 Å². The predicted molar refractivity (Wildman–Crippen MR) is 71.1 cm³/mol. The largest absolute Gasteiger partial charge is 0.467 e. The van der Waals surface area contributed by atoms with Gasteiger partial charge in [0.2, 0.25) is 0 Å². The summed E-state index contributed by atoms with van der Waals surface area (Å²) in [5, 5.41) is 0. The van der Waals surface area contributed by atoms with E-state index in [4.69, 9.17) is 0 Å². The Labute approximate surface area is 114 Å². The van der Waals surface area contributed by atoms with Crippen LogP contribution in [0.15, 0.2) is 24.3 Å². The summed E-state index contributed by atoms with van der Waals surface area (Å²) < 4.78 is 4.67. The number of rotatable bonds is 4. The van der Waals surface area contributed by atoms with Gasteiger partial charge in [-0.3, -0.25) is 14.5 Å². The van der Waals surface area contributed by atoms with Gasteiger partial charge >= 0.3 is 5.97 Å². The lowest BCUT2D eigenvalue weighted by Crippen LogP contribution is -2.47. The summed E-state index contributed by atoms with van der Waals surface area (Å²) in [5.41, 5.74) is 0.671. The van der Waals surface area contributed by atoms with Crippen molar-refractivity contribution >= 4 is 29.5 Å². The predicted octanol–water partition coefficient (Wildman–Crippen LogP) is 1.19. The standard InChI is InChI=1S/C13H13NO4S/c1-18-13(17)10(7-19-2)14-11(15)8-5-3-4-6-9(8)12(14)16/h3-6,10H,7H2,1-2H3/t10-/m0/s1. The highest BCUT2D eigenvalue weighted by molar-refractivity contribution is 7.98. The molecule has 1 heterocycles. The van der Waals surface area contributed by atoms with E-state index in [-0.39, 0.29) is 0 Å². The number of carbonyl (C=O) groups excluding carboxylic acids is 3. The lowest BCUT2D eigenvalue weighted by Gasteiger charge is -2.23. The van der Waals surface area contributed by atoms with Gasteiger partial charge in [0.25, 0.3) is 11.8 Å². The molecule has 0 saturated carbocycles. The van der Waals surface area contributed by atoms with Crippen LogP contribution in [0.5, 0.6) is 0 Å². The van der Waals surface area contributed by atoms with Gasteiger partial charge < -0.3 is 4.74 Å². The first-order chi connectivity index (χ1) is 9.11. The zero-order valence-electron chi connectivity index (χ0n) is 10.6. The highest BCUT2D eigenvalue weighted by Gasteiger charge is 2.42. The van der Waals surface area contributed by atoms with Gasteiger partial charge in [-0.2, -0.15) is 11.8 Å². The highest BCUT2D eigenvalue weighted by atomic mass is 32.2. The number of esters is 1. The SMILES string of the molecule is COC(=O)[C@H](CSC)N1C(=O)c2ccccc2C1=O. The van der Waals surface area contributed by atoms with E-state index in [2.05, 4.69) is 4.74 Å². The van der Waals surface area contributed by atoms with Gasteiger partial charge in [0.05, 0.1) is 18.2 Å². The topological polar surface area (TPSA) is 63.7 Å². The second-order valence-corrected chi connectivity index (χ2v) is 4.93. The zero-order chi connectivity index (χ0) is 14.0. The Balaban J connectivity index is 2.39. The molecule has 1 aliphatic heterocycles. The molecule has 19 heavy (non-hydrogen) atoms. The van der Waals surface area contributed by atoms with Gasteiger partial charge in [0.1, 0.15) is 6.04 Å². The number of carbonyl (C=O) groups is 3. The summed E-state index contributed by atoms with van der Waals surface area (Å²) in [4.78, 5) is 37.2. The minimum absolute atomic E-state index is 0.318. The van der Waals surface area contributed by atoms with Crippen LogP contribution in [0.3, 0.4) is 0 Å². The first-order valence-corrected chi connectivity index (χ1v) is 7.05. The molecule has 6 heteroatoms. The number of thioether (sulfide) groups is 1. The quantitative estimate of drug-likeness (QED) is 0.612. The van der Waals surface area contributed by atoms with Crippen LogP contribution in [0.4, 0.5) is 0 Å². The average molecular weight is 279 g/mol. The molecule has 0 aromatic heterocycles. The molecular formula is C13H13NO4S. The maximum absolute atomic E-state index is 12.2. The molecule has 1 aliphatic rings. The third-order valence-electron chi connectivity index (χ3n) is 2.93. The van der Waals surface area contributed by atoms with Crippen LogP contribution < -0.4 is 0 Å². The second-order valence-electron chi connectivity index (χ2n) is 4.02. The van der Waals surface area contributed by atoms with E-state index >= 15 is 0 Å². The summed E-state index contributed by atoms with van der Waals surface area (Å²) in [5.74, 6) is -1.14. The van der Waals surface area contributed by atoms with E-state index in [0.717, 1.165) is 4.90 Å². The Morgan fingerprint density at radius 1 is 1.26 bits per heavy atom. The Kier molecular flexibility index (Phi) is 3.90. The molecule has 0 radical (unpaired) electrons. The molecule has 5 nitrogen and oxygen atoms in total. The number of ether oxygens (including phenoxy) is 1. The Morgan fingerprint density at radius 2 is 1.79 bits per heavy atom. The van der Waals surface area contributed by atoms with E-state index in [0.29, 0.717) is 16.9 Å². The molecule has 0 unspecified atom stereocenters. The van der Waals surface area contributed by atoms with E-state index < -0.39 is 23.8 Å². The van der Waals surface area contributed by atoms with Crippen molar-refractivity contribution in [1.82, 2.24) is 4.90 Å². The van der Waals surface area contributed by atoms with Crippen LogP contribution in [0.2, 0.25) is 0 Å². The van der Waals surface area contributed by atoms with Crippen LogP contribution in [0.1, 0.15) is 20.7 Å². The van der Waals surface area contributed by atoms with Crippen molar-refractivity contribution in [3.63, 3.8) is 0 Å². The third-order valence-corrected chi connectivity index (χ3v) is 3.58. The zero-order valence-corrected chi connectivity index (χ0v) is 11.4. The van der Waals surface area contributed by atoms with Crippen LogP contribution in [0, 0.1) is 0 Å². The minimum atomic E-state index is -0.882. The number of hydrogen-bond donors (Lipinski definition) is 0. The molecule has 2 rings (SSSR count). The number of hydrogen-bond acceptors (Lipinski definition) is 5. The highest BCUT2D eigenvalue weighted by Crippen LogP contribution is 2.25. The number of fused-ring (bicyclic) bond motifs is 1. The summed E-state index contributed by atoms with van der Waals surface area (Å²) in [6, 6.07) is 5.67. The molecule has 2 amide bonds. The Morgan fingerprint density at radius 3 is 2.21 bits per heavy atom. The summed E-state index contributed by atoms with van der Waals surface area (Å²) in [6.07, 6.45) is 1.80. The van der Waals surface area contributed by atoms with Crippen molar-refractivity contribution < 1.29 is 19.1 Å². The number of nitrogens with zero attached hydrogens (tertiary/aromatic N) is 1. The molecule has 0 spiro atoms. The van der Waals surface area contributed by atoms with E-state index in [1.807, 2.05) is 0 Å². The first-order valence-electron chi connectivity index (χ1n) is 5.65. The molecule has 0 fully saturated rings. The second kappa shape index (κ2) is 5.44. The number of methoxy groups -OCH3 is 1. The fourth-order valence-electron chi connectivity index (χ4n) is 2.03. The van der Waals surface area contributed by atoms with Crippen LogP contribution in [0.25, 0.3) is 0 Å². The summed E-state index contributed by atoms with van der Waals surface area (Å²) in [6.45, 7) is 0. The normalized spacial score (nSPS) is 15.4. The van der Waals surface area contributed by atoms with Gasteiger partial charge in [0.15, 0.2) is 0 Å². The molecule has 0 bridgehead atoms. The molecule has 0 N–H and O–H groups in total. The molecule has 0 aliphatic carbocycles. The summed E-state index contributed by atoms with van der Waals surface area (Å²) >= 11 is 1.38. The van der Waals surface area contributed by atoms with Crippen molar-refractivity contribution in [2.45, 2.75) is 6.04 Å².